The third kappa shape index (κ3) is 5.58. The Bertz CT molecular complexity index is 1350. The van der Waals surface area contributed by atoms with Crippen molar-refractivity contribution < 1.29 is 14.3 Å². The van der Waals surface area contributed by atoms with E-state index in [4.69, 9.17) is 16.3 Å². The Morgan fingerprint density at radius 2 is 1.80 bits per heavy atom. The van der Waals surface area contributed by atoms with Gasteiger partial charge in [0.2, 0.25) is 5.91 Å². The smallest absolute Gasteiger partial charge is 0.341 e. The molecule has 0 unspecified atom stereocenters. The third-order valence-electron chi connectivity index (χ3n) is 5.20. The minimum atomic E-state index is -0.436. The summed E-state index contributed by atoms with van der Waals surface area (Å²) in [6.07, 6.45) is 0. The molecule has 0 bridgehead atoms. The molecule has 1 N–H and O–H groups in total. The fraction of sp³-hybridized carbons (Fsp3) is 0.200. The molecular formula is C25H23ClN4O3S2. The molecule has 0 aliphatic rings. The summed E-state index contributed by atoms with van der Waals surface area (Å²) in [6, 6.07) is 17.1. The molecule has 0 aliphatic heterocycles. The van der Waals surface area contributed by atoms with Gasteiger partial charge in [-0.15, -0.1) is 21.5 Å². The Balaban J connectivity index is 1.57. The normalized spacial score (nSPS) is 10.9. The van der Waals surface area contributed by atoms with Crippen molar-refractivity contribution >= 4 is 51.6 Å². The van der Waals surface area contributed by atoms with Gasteiger partial charge >= 0.3 is 5.97 Å². The van der Waals surface area contributed by atoms with Crippen molar-refractivity contribution in [2.75, 3.05) is 17.7 Å². The second-order valence-corrected chi connectivity index (χ2v) is 10.1. The van der Waals surface area contributed by atoms with Gasteiger partial charge in [0.25, 0.3) is 0 Å². The van der Waals surface area contributed by atoms with E-state index in [1.54, 1.807) is 19.1 Å². The number of amides is 1. The zero-order valence-corrected chi connectivity index (χ0v) is 21.8. The van der Waals surface area contributed by atoms with Gasteiger partial charge in [0.1, 0.15) is 5.00 Å². The second kappa shape index (κ2) is 11.1. The molecule has 4 aromatic rings. The minimum Gasteiger partial charge on any atom is -0.462 e. The van der Waals surface area contributed by atoms with Gasteiger partial charge in [-0.2, -0.15) is 0 Å². The Morgan fingerprint density at radius 1 is 1.09 bits per heavy atom. The number of aromatic nitrogens is 3. The van der Waals surface area contributed by atoms with Gasteiger partial charge in [0.05, 0.1) is 17.9 Å². The van der Waals surface area contributed by atoms with Crippen molar-refractivity contribution in [3.8, 4) is 17.1 Å². The van der Waals surface area contributed by atoms with Crippen LogP contribution in [0.25, 0.3) is 17.1 Å². The zero-order valence-electron chi connectivity index (χ0n) is 19.4. The fourth-order valence-corrected chi connectivity index (χ4v) is 5.36. The van der Waals surface area contributed by atoms with Crippen molar-refractivity contribution in [3.05, 3.63) is 75.6 Å². The van der Waals surface area contributed by atoms with E-state index in [1.807, 2.05) is 60.9 Å². The maximum atomic E-state index is 12.9. The lowest BCUT2D eigenvalue weighted by Gasteiger charge is -2.11. The van der Waals surface area contributed by atoms with Gasteiger partial charge in [-0.3, -0.25) is 9.36 Å². The highest BCUT2D eigenvalue weighted by molar-refractivity contribution is 7.99. The van der Waals surface area contributed by atoms with Crippen LogP contribution in [-0.2, 0) is 9.53 Å². The molecule has 35 heavy (non-hydrogen) atoms. The van der Waals surface area contributed by atoms with Gasteiger partial charge < -0.3 is 10.1 Å². The third-order valence-corrected chi connectivity index (χ3v) is 7.50. The molecule has 10 heteroatoms. The summed E-state index contributed by atoms with van der Waals surface area (Å²) in [4.78, 5) is 26.2. The number of hydrogen-bond acceptors (Lipinski definition) is 7. The molecule has 2 aromatic carbocycles. The molecule has 180 valence electrons. The molecule has 0 saturated heterocycles. The van der Waals surface area contributed by atoms with E-state index in [9.17, 15) is 9.59 Å². The number of hydrogen-bond donors (Lipinski definition) is 1. The van der Waals surface area contributed by atoms with Gasteiger partial charge in [-0.05, 0) is 62.7 Å². The van der Waals surface area contributed by atoms with Crippen molar-refractivity contribution in [2.45, 2.75) is 25.9 Å². The highest BCUT2D eigenvalue weighted by Gasteiger charge is 2.23. The maximum absolute atomic E-state index is 12.9. The Kier molecular flexibility index (Phi) is 7.90. The average Bonchev–Trinajstić information content (AvgIpc) is 3.39. The number of nitrogens with one attached hydrogen (secondary N) is 1. The number of thioether (sulfide) groups is 1. The number of nitrogens with zero attached hydrogens (tertiary/aromatic N) is 3. The van der Waals surface area contributed by atoms with Gasteiger partial charge in [0.15, 0.2) is 11.0 Å². The quantitative estimate of drug-likeness (QED) is 0.218. The number of carbonyl (C=O) groups excluding carboxylic acids is 2. The SMILES string of the molecule is CCOC(=O)c1c(NC(=O)CSc2nnc(-c3ccc(Cl)cc3)n2-c2ccccc2)sc(C)c1C. The Hall–Kier alpha value is -3.14. The predicted molar refractivity (Wildman–Crippen MR) is 141 cm³/mol. The van der Waals surface area contributed by atoms with Crippen molar-refractivity contribution in [2.24, 2.45) is 0 Å². The molecule has 2 heterocycles. The lowest BCUT2D eigenvalue weighted by Crippen LogP contribution is -2.16. The second-order valence-electron chi connectivity index (χ2n) is 7.53. The van der Waals surface area contributed by atoms with Crippen LogP contribution in [0.5, 0.6) is 0 Å². The van der Waals surface area contributed by atoms with Gasteiger partial charge in [-0.25, -0.2) is 4.79 Å². The first kappa shape index (κ1) is 25.0. The minimum absolute atomic E-state index is 0.0871. The van der Waals surface area contributed by atoms with Gasteiger partial charge in [0, 0.05) is 21.2 Å². The molecule has 0 saturated carbocycles. The molecule has 0 spiro atoms. The highest BCUT2D eigenvalue weighted by atomic mass is 35.5. The molecule has 4 rings (SSSR count). The molecule has 2 aromatic heterocycles. The fourth-order valence-electron chi connectivity index (χ4n) is 3.42. The largest absolute Gasteiger partial charge is 0.462 e. The summed E-state index contributed by atoms with van der Waals surface area (Å²) in [6.45, 7) is 5.78. The van der Waals surface area contributed by atoms with Gasteiger partial charge in [-0.1, -0.05) is 41.6 Å². The van der Waals surface area contributed by atoms with Crippen LogP contribution in [-0.4, -0.2) is 39.0 Å². The van der Waals surface area contributed by atoms with Crippen LogP contribution < -0.4 is 5.32 Å². The summed E-state index contributed by atoms with van der Waals surface area (Å²) in [5.74, 6) is 0.0418. The summed E-state index contributed by atoms with van der Waals surface area (Å²) < 4.78 is 7.08. The van der Waals surface area contributed by atoms with Crippen LogP contribution in [0.3, 0.4) is 0 Å². The molecule has 0 radical (unpaired) electrons. The maximum Gasteiger partial charge on any atom is 0.341 e. The van der Waals surface area contributed by atoms with E-state index in [-0.39, 0.29) is 18.3 Å². The first-order chi connectivity index (χ1) is 16.9. The van der Waals surface area contributed by atoms with E-state index in [0.29, 0.717) is 26.6 Å². The molecular weight excluding hydrogens is 504 g/mol. The summed E-state index contributed by atoms with van der Waals surface area (Å²) in [7, 11) is 0. The van der Waals surface area contributed by atoms with E-state index in [1.165, 1.54) is 23.1 Å². The number of carbonyl (C=O) groups is 2. The molecule has 1 amide bonds. The summed E-state index contributed by atoms with van der Waals surface area (Å²) in [5.41, 5.74) is 2.95. The average molecular weight is 527 g/mol. The first-order valence-electron chi connectivity index (χ1n) is 10.9. The van der Waals surface area contributed by atoms with Crippen LogP contribution in [0, 0.1) is 13.8 Å². The number of aryl methyl sites for hydroxylation is 1. The van der Waals surface area contributed by atoms with Crippen molar-refractivity contribution in [1.29, 1.82) is 0 Å². The van der Waals surface area contributed by atoms with Crippen LogP contribution in [0.1, 0.15) is 27.7 Å². The molecule has 0 aliphatic carbocycles. The highest BCUT2D eigenvalue weighted by Crippen LogP contribution is 2.34. The van der Waals surface area contributed by atoms with E-state index in [2.05, 4.69) is 15.5 Å². The number of ether oxygens (including phenoxy) is 1. The van der Waals surface area contributed by atoms with Crippen LogP contribution in [0.4, 0.5) is 5.00 Å². The standard InChI is InChI=1S/C25H23ClN4O3S2/c1-4-33-24(32)21-15(2)16(3)35-23(21)27-20(31)14-34-25-29-28-22(17-10-12-18(26)13-11-17)30(25)19-8-6-5-7-9-19/h5-13H,4,14H2,1-3H3,(H,27,31). The monoisotopic (exact) mass is 526 g/mol. The molecule has 7 nitrogen and oxygen atoms in total. The summed E-state index contributed by atoms with van der Waals surface area (Å²) >= 11 is 8.68. The number of esters is 1. The van der Waals surface area contributed by atoms with Crippen molar-refractivity contribution in [1.82, 2.24) is 14.8 Å². The predicted octanol–water partition coefficient (Wildman–Crippen LogP) is 6.17. The number of benzene rings is 2. The summed E-state index contributed by atoms with van der Waals surface area (Å²) in [5, 5.41) is 13.3. The number of halogens is 1. The van der Waals surface area contributed by atoms with E-state index in [0.717, 1.165) is 21.7 Å². The zero-order chi connectivity index (χ0) is 24.9. The molecule has 0 fully saturated rings. The lowest BCUT2D eigenvalue weighted by molar-refractivity contribution is -0.113. The van der Waals surface area contributed by atoms with Crippen LogP contribution in [0.15, 0.2) is 59.8 Å². The first-order valence-corrected chi connectivity index (χ1v) is 13.0. The van der Waals surface area contributed by atoms with Crippen LogP contribution in [0.2, 0.25) is 5.02 Å². The number of rotatable bonds is 8. The van der Waals surface area contributed by atoms with E-state index < -0.39 is 5.97 Å². The number of para-hydroxylation sites is 1. The number of anilines is 1. The lowest BCUT2D eigenvalue weighted by atomic mass is 10.1. The Morgan fingerprint density at radius 3 is 2.49 bits per heavy atom. The van der Waals surface area contributed by atoms with E-state index >= 15 is 0 Å². The topological polar surface area (TPSA) is 86.1 Å². The van der Waals surface area contributed by atoms with Crippen molar-refractivity contribution in [3.63, 3.8) is 0 Å². The number of thiophene rings is 1. The van der Waals surface area contributed by atoms with Crippen LogP contribution >= 0.6 is 34.7 Å². The Labute approximate surface area is 216 Å². The molecule has 0 atom stereocenters.